The van der Waals surface area contributed by atoms with Crippen molar-refractivity contribution in [2.75, 3.05) is 0 Å². The Labute approximate surface area is 127 Å². The van der Waals surface area contributed by atoms with Crippen LogP contribution in [0, 0.1) is 5.92 Å². The summed E-state index contributed by atoms with van der Waals surface area (Å²) in [5, 5.41) is 12.5. The number of aliphatic carboxylic acids is 1. The molecule has 0 bridgehead atoms. The van der Waals surface area contributed by atoms with Crippen LogP contribution in [0.15, 0.2) is 24.3 Å². The van der Waals surface area contributed by atoms with Crippen LogP contribution in [-0.2, 0) is 17.8 Å². The lowest BCUT2D eigenvalue weighted by Crippen LogP contribution is -2.36. The molecule has 1 saturated carbocycles. The summed E-state index contributed by atoms with van der Waals surface area (Å²) in [6.07, 6.45) is 8.18. The topological polar surface area (TPSA) is 49.3 Å². The minimum absolute atomic E-state index is 0.105. The highest BCUT2D eigenvalue weighted by molar-refractivity contribution is 5.70. The van der Waals surface area contributed by atoms with Crippen molar-refractivity contribution in [1.29, 1.82) is 0 Å². The van der Waals surface area contributed by atoms with Crippen molar-refractivity contribution in [3.63, 3.8) is 0 Å². The summed E-state index contributed by atoms with van der Waals surface area (Å²) in [5.41, 5.74) is 2.10. The van der Waals surface area contributed by atoms with E-state index < -0.39 is 5.97 Å². The van der Waals surface area contributed by atoms with E-state index in [-0.39, 0.29) is 6.42 Å². The Morgan fingerprint density at radius 3 is 2.38 bits per heavy atom. The minimum atomic E-state index is -0.774. The first-order valence-corrected chi connectivity index (χ1v) is 8.22. The average molecular weight is 289 g/mol. The van der Waals surface area contributed by atoms with Gasteiger partial charge in [0.1, 0.15) is 0 Å². The van der Waals surface area contributed by atoms with Gasteiger partial charge in [-0.05, 0) is 36.3 Å². The van der Waals surface area contributed by atoms with E-state index >= 15 is 0 Å². The van der Waals surface area contributed by atoms with Gasteiger partial charge in [-0.3, -0.25) is 4.79 Å². The maximum Gasteiger partial charge on any atom is 0.307 e. The van der Waals surface area contributed by atoms with E-state index in [4.69, 9.17) is 5.11 Å². The van der Waals surface area contributed by atoms with E-state index in [1.807, 2.05) is 24.3 Å². The van der Waals surface area contributed by atoms with Crippen molar-refractivity contribution in [3.05, 3.63) is 35.4 Å². The van der Waals surface area contributed by atoms with Gasteiger partial charge in [0, 0.05) is 12.6 Å². The van der Waals surface area contributed by atoms with Gasteiger partial charge < -0.3 is 10.4 Å². The maximum absolute atomic E-state index is 10.7. The third-order valence-corrected chi connectivity index (χ3v) is 4.61. The van der Waals surface area contributed by atoms with Crippen molar-refractivity contribution < 1.29 is 9.90 Å². The molecule has 0 aromatic heterocycles. The summed E-state index contributed by atoms with van der Waals surface area (Å²) in [5.74, 6) is 0.0549. The summed E-state index contributed by atoms with van der Waals surface area (Å²) < 4.78 is 0. The van der Waals surface area contributed by atoms with E-state index in [1.54, 1.807) is 0 Å². The molecule has 2 rings (SSSR count). The Balaban J connectivity index is 1.84. The normalized spacial score (nSPS) is 17.6. The second-order valence-corrected chi connectivity index (χ2v) is 6.18. The zero-order valence-electron chi connectivity index (χ0n) is 13.0. The molecule has 1 aromatic rings. The minimum Gasteiger partial charge on any atom is -0.481 e. The Morgan fingerprint density at radius 2 is 1.81 bits per heavy atom. The summed E-state index contributed by atoms with van der Waals surface area (Å²) in [7, 11) is 0. The molecule has 0 saturated heterocycles. The molecule has 0 spiro atoms. The molecule has 21 heavy (non-hydrogen) atoms. The molecule has 0 heterocycles. The Kier molecular flexibility index (Phi) is 6.24. The lowest BCUT2D eigenvalue weighted by Gasteiger charge is -2.30. The van der Waals surface area contributed by atoms with Gasteiger partial charge in [-0.1, -0.05) is 50.5 Å². The SMILES string of the molecule is CCC(NCc1ccc(CC(=O)O)cc1)C1CCCCC1. The molecule has 116 valence electrons. The van der Waals surface area contributed by atoms with Crippen LogP contribution in [0.5, 0.6) is 0 Å². The average Bonchev–Trinajstić information content (AvgIpc) is 2.50. The highest BCUT2D eigenvalue weighted by atomic mass is 16.4. The van der Waals surface area contributed by atoms with E-state index in [9.17, 15) is 4.79 Å². The quantitative estimate of drug-likeness (QED) is 0.803. The monoisotopic (exact) mass is 289 g/mol. The number of nitrogens with one attached hydrogen (secondary N) is 1. The van der Waals surface area contributed by atoms with Crippen molar-refractivity contribution >= 4 is 5.97 Å². The van der Waals surface area contributed by atoms with Gasteiger partial charge in [-0.2, -0.15) is 0 Å². The molecule has 0 amide bonds. The highest BCUT2D eigenvalue weighted by Crippen LogP contribution is 2.27. The third kappa shape index (κ3) is 5.16. The van der Waals surface area contributed by atoms with Crippen LogP contribution in [0.2, 0.25) is 0 Å². The van der Waals surface area contributed by atoms with Gasteiger partial charge in [-0.25, -0.2) is 0 Å². The van der Waals surface area contributed by atoms with Crippen LogP contribution >= 0.6 is 0 Å². The van der Waals surface area contributed by atoms with Crippen molar-refractivity contribution in [3.8, 4) is 0 Å². The predicted octanol–water partition coefficient (Wildman–Crippen LogP) is 3.76. The molecule has 1 aliphatic carbocycles. The predicted molar refractivity (Wildman–Crippen MR) is 85.3 cm³/mol. The summed E-state index contributed by atoms with van der Waals surface area (Å²) in [6, 6.07) is 8.54. The van der Waals surface area contributed by atoms with Crippen molar-refractivity contribution in [2.45, 2.75) is 64.5 Å². The second-order valence-electron chi connectivity index (χ2n) is 6.18. The van der Waals surface area contributed by atoms with Crippen molar-refractivity contribution in [1.82, 2.24) is 5.32 Å². The maximum atomic E-state index is 10.7. The van der Waals surface area contributed by atoms with Crippen LogP contribution < -0.4 is 5.32 Å². The fourth-order valence-corrected chi connectivity index (χ4v) is 3.38. The van der Waals surface area contributed by atoms with E-state index in [0.717, 1.165) is 18.0 Å². The summed E-state index contributed by atoms with van der Waals surface area (Å²) in [4.78, 5) is 10.7. The van der Waals surface area contributed by atoms with Gasteiger partial charge in [-0.15, -0.1) is 0 Å². The molecule has 2 N–H and O–H groups in total. The Bertz CT molecular complexity index is 435. The van der Waals surface area contributed by atoms with Crippen molar-refractivity contribution in [2.24, 2.45) is 5.92 Å². The number of hydrogen-bond acceptors (Lipinski definition) is 2. The van der Waals surface area contributed by atoms with Gasteiger partial charge >= 0.3 is 5.97 Å². The number of rotatable bonds is 7. The number of carboxylic acids is 1. The third-order valence-electron chi connectivity index (χ3n) is 4.61. The fourth-order valence-electron chi connectivity index (χ4n) is 3.38. The number of carbonyl (C=O) groups is 1. The molecule has 1 atom stereocenters. The Hall–Kier alpha value is -1.35. The zero-order valence-corrected chi connectivity index (χ0v) is 13.0. The first kappa shape index (κ1) is 16.0. The second kappa shape index (κ2) is 8.18. The first-order chi connectivity index (χ1) is 10.2. The summed E-state index contributed by atoms with van der Waals surface area (Å²) >= 11 is 0. The molecule has 1 aliphatic rings. The standard InChI is InChI=1S/C18H27NO2/c1-2-17(16-6-4-3-5-7-16)19-13-15-10-8-14(9-11-15)12-18(20)21/h8-11,16-17,19H,2-7,12-13H2,1H3,(H,20,21). The van der Waals surface area contributed by atoms with E-state index in [0.29, 0.717) is 6.04 Å². The number of benzene rings is 1. The lowest BCUT2D eigenvalue weighted by atomic mass is 9.83. The smallest absolute Gasteiger partial charge is 0.307 e. The molecule has 0 aliphatic heterocycles. The molecule has 3 nitrogen and oxygen atoms in total. The van der Waals surface area contributed by atoms with Crippen LogP contribution in [-0.4, -0.2) is 17.1 Å². The van der Waals surface area contributed by atoms with Crippen LogP contribution in [0.3, 0.4) is 0 Å². The zero-order chi connectivity index (χ0) is 15.1. The summed E-state index contributed by atoms with van der Waals surface area (Å²) in [6.45, 7) is 3.14. The molecule has 3 heteroatoms. The molecular formula is C18H27NO2. The Morgan fingerprint density at radius 1 is 1.19 bits per heavy atom. The van der Waals surface area contributed by atoms with Gasteiger partial charge in [0.25, 0.3) is 0 Å². The van der Waals surface area contributed by atoms with E-state index in [1.165, 1.54) is 44.1 Å². The van der Waals surface area contributed by atoms with Gasteiger partial charge in [0.15, 0.2) is 0 Å². The molecule has 1 fully saturated rings. The molecular weight excluding hydrogens is 262 g/mol. The van der Waals surface area contributed by atoms with Crippen LogP contribution in [0.4, 0.5) is 0 Å². The largest absolute Gasteiger partial charge is 0.481 e. The number of hydrogen-bond donors (Lipinski definition) is 2. The lowest BCUT2D eigenvalue weighted by molar-refractivity contribution is -0.136. The number of carboxylic acid groups (broad SMARTS) is 1. The highest BCUT2D eigenvalue weighted by Gasteiger charge is 2.21. The van der Waals surface area contributed by atoms with Crippen LogP contribution in [0.25, 0.3) is 0 Å². The van der Waals surface area contributed by atoms with E-state index in [2.05, 4.69) is 12.2 Å². The molecule has 1 unspecified atom stereocenters. The molecule has 0 radical (unpaired) electrons. The molecule has 1 aromatic carbocycles. The van der Waals surface area contributed by atoms with Crippen LogP contribution in [0.1, 0.15) is 56.6 Å². The first-order valence-electron chi connectivity index (χ1n) is 8.22. The van der Waals surface area contributed by atoms with Gasteiger partial charge in [0.2, 0.25) is 0 Å². The fraction of sp³-hybridized carbons (Fsp3) is 0.611. The van der Waals surface area contributed by atoms with Gasteiger partial charge in [0.05, 0.1) is 6.42 Å².